The van der Waals surface area contributed by atoms with Crippen LogP contribution in [-0.4, -0.2) is 24.0 Å². The third kappa shape index (κ3) is 7.38. The number of furan rings is 1. The van der Waals surface area contributed by atoms with Crippen molar-refractivity contribution in [1.82, 2.24) is 10.2 Å². The Morgan fingerprint density at radius 2 is 1.63 bits per heavy atom. The zero-order valence-electron chi connectivity index (χ0n) is 13.6. The second-order valence-electron chi connectivity index (χ2n) is 7.70. The van der Waals surface area contributed by atoms with E-state index >= 15 is 0 Å². The molecule has 0 atom stereocenters. The predicted octanol–water partition coefficient (Wildman–Crippen LogP) is 3.65. The number of nitrogens with one attached hydrogen (secondary N) is 1. The summed E-state index contributed by atoms with van der Waals surface area (Å²) in [5.74, 6) is 2.05. The molecule has 19 heavy (non-hydrogen) atoms. The molecule has 3 nitrogen and oxygen atoms in total. The van der Waals surface area contributed by atoms with Gasteiger partial charge in [0.1, 0.15) is 11.5 Å². The van der Waals surface area contributed by atoms with Crippen molar-refractivity contribution in [3.8, 4) is 0 Å². The lowest BCUT2D eigenvalue weighted by molar-refractivity contribution is 0.206. The highest BCUT2D eigenvalue weighted by Crippen LogP contribution is 2.17. The summed E-state index contributed by atoms with van der Waals surface area (Å²) >= 11 is 0. The molecule has 0 saturated carbocycles. The lowest BCUT2D eigenvalue weighted by atomic mass is 9.96. The first kappa shape index (κ1) is 16.3. The van der Waals surface area contributed by atoms with Crippen LogP contribution in [0.4, 0.5) is 0 Å². The Morgan fingerprint density at radius 3 is 2.16 bits per heavy atom. The molecular formula is C16H30N2O. The molecule has 1 rings (SSSR count). The Morgan fingerprint density at radius 1 is 1.05 bits per heavy atom. The summed E-state index contributed by atoms with van der Waals surface area (Å²) in [4.78, 5) is 2.31. The molecule has 1 N–H and O–H groups in total. The van der Waals surface area contributed by atoms with Gasteiger partial charge in [0.25, 0.3) is 0 Å². The quantitative estimate of drug-likeness (QED) is 0.882. The number of nitrogens with zero attached hydrogens (tertiary/aromatic N) is 1. The zero-order valence-corrected chi connectivity index (χ0v) is 13.6. The van der Waals surface area contributed by atoms with Gasteiger partial charge in [-0.05, 0) is 45.4 Å². The smallest absolute Gasteiger partial charge is 0.118 e. The largest absolute Gasteiger partial charge is 0.463 e. The second kappa shape index (κ2) is 6.10. The standard InChI is InChI=1S/C16H30N2O/c1-15(2,3)12-18(7)11-14-9-8-13(19-14)10-17-16(4,5)6/h8-9,17H,10-12H2,1-7H3. The van der Waals surface area contributed by atoms with Gasteiger partial charge in [0.15, 0.2) is 0 Å². The molecule has 1 heterocycles. The van der Waals surface area contributed by atoms with Crippen molar-refractivity contribution < 1.29 is 4.42 Å². The molecule has 1 aromatic rings. The summed E-state index contributed by atoms with van der Waals surface area (Å²) in [5, 5.41) is 3.44. The molecule has 0 unspecified atom stereocenters. The predicted molar refractivity (Wildman–Crippen MR) is 81.1 cm³/mol. The van der Waals surface area contributed by atoms with Crippen LogP contribution in [0.25, 0.3) is 0 Å². The van der Waals surface area contributed by atoms with Crippen molar-refractivity contribution >= 4 is 0 Å². The maximum absolute atomic E-state index is 5.86. The van der Waals surface area contributed by atoms with E-state index in [0.717, 1.165) is 31.2 Å². The SMILES string of the molecule is CN(Cc1ccc(CNC(C)(C)C)o1)CC(C)(C)C. The molecule has 0 saturated heterocycles. The number of hydrogen-bond acceptors (Lipinski definition) is 3. The van der Waals surface area contributed by atoms with Gasteiger partial charge in [0.2, 0.25) is 0 Å². The number of hydrogen-bond donors (Lipinski definition) is 1. The van der Waals surface area contributed by atoms with Crippen LogP contribution >= 0.6 is 0 Å². The van der Waals surface area contributed by atoms with Gasteiger partial charge in [0.05, 0.1) is 13.1 Å². The summed E-state index contributed by atoms with van der Waals surface area (Å²) < 4.78 is 5.86. The van der Waals surface area contributed by atoms with E-state index in [4.69, 9.17) is 4.42 Å². The van der Waals surface area contributed by atoms with Crippen LogP contribution in [0.1, 0.15) is 53.1 Å². The summed E-state index contributed by atoms with van der Waals surface area (Å²) in [7, 11) is 2.14. The first-order chi connectivity index (χ1) is 8.55. The molecule has 0 aliphatic rings. The van der Waals surface area contributed by atoms with Crippen molar-refractivity contribution in [2.75, 3.05) is 13.6 Å². The fourth-order valence-corrected chi connectivity index (χ4v) is 2.09. The molecule has 0 aliphatic heterocycles. The maximum atomic E-state index is 5.86. The average Bonchev–Trinajstić information content (AvgIpc) is 2.58. The van der Waals surface area contributed by atoms with Gasteiger partial charge in [-0.25, -0.2) is 0 Å². The minimum atomic E-state index is 0.121. The first-order valence-corrected chi connectivity index (χ1v) is 7.06. The van der Waals surface area contributed by atoms with E-state index in [9.17, 15) is 0 Å². The van der Waals surface area contributed by atoms with Crippen molar-refractivity contribution in [3.05, 3.63) is 23.7 Å². The highest BCUT2D eigenvalue weighted by Gasteiger charge is 2.15. The minimum Gasteiger partial charge on any atom is -0.463 e. The Bertz CT molecular complexity index is 382. The highest BCUT2D eigenvalue weighted by atomic mass is 16.3. The molecule has 110 valence electrons. The fourth-order valence-electron chi connectivity index (χ4n) is 2.09. The van der Waals surface area contributed by atoms with Crippen molar-refractivity contribution in [2.45, 2.75) is 60.2 Å². The Balaban J connectivity index is 2.46. The van der Waals surface area contributed by atoms with Crippen LogP contribution in [0, 0.1) is 5.41 Å². The third-order valence-electron chi connectivity index (χ3n) is 2.68. The van der Waals surface area contributed by atoms with Crippen LogP contribution in [0.3, 0.4) is 0 Å². The molecule has 0 bridgehead atoms. The maximum Gasteiger partial charge on any atom is 0.118 e. The fraction of sp³-hybridized carbons (Fsp3) is 0.750. The van der Waals surface area contributed by atoms with Gasteiger partial charge in [-0.3, -0.25) is 4.90 Å². The molecule has 0 aliphatic carbocycles. The van der Waals surface area contributed by atoms with Gasteiger partial charge in [-0.1, -0.05) is 20.8 Å². The van der Waals surface area contributed by atoms with Crippen molar-refractivity contribution in [1.29, 1.82) is 0 Å². The van der Waals surface area contributed by atoms with E-state index in [0.29, 0.717) is 5.41 Å². The topological polar surface area (TPSA) is 28.4 Å². The summed E-state index contributed by atoms with van der Waals surface area (Å²) in [6, 6.07) is 4.15. The van der Waals surface area contributed by atoms with Crippen LogP contribution in [0.2, 0.25) is 0 Å². The van der Waals surface area contributed by atoms with E-state index < -0.39 is 0 Å². The Hall–Kier alpha value is -0.800. The number of rotatable bonds is 5. The molecule has 1 aromatic heterocycles. The molecule has 0 aromatic carbocycles. The lowest BCUT2D eigenvalue weighted by Gasteiger charge is -2.25. The molecule has 0 radical (unpaired) electrons. The van der Waals surface area contributed by atoms with E-state index in [1.54, 1.807) is 0 Å². The summed E-state index contributed by atoms with van der Waals surface area (Å²) in [5.41, 5.74) is 0.438. The van der Waals surface area contributed by atoms with E-state index in [1.165, 1.54) is 0 Å². The van der Waals surface area contributed by atoms with Gasteiger partial charge < -0.3 is 9.73 Å². The van der Waals surface area contributed by atoms with E-state index in [-0.39, 0.29) is 5.54 Å². The van der Waals surface area contributed by atoms with Crippen molar-refractivity contribution in [2.24, 2.45) is 5.41 Å². The normalized spacial score (nSPS) is 13.3. The first-order valence-electron chi connectivity index (χ1n) is 7.06. The highest BCUT2D eigenvalue weighted by molar-refractivity contribution is 5.07. The molecule has 0 fully saturated rings. The van der Waals surface area contributed by atoms with Gasteiger partial charge in [-0.15, -0.1) is 0 Å². The van der Waals surface area contributed by atoms with E-state index in [2.05, 4.69) is 70.9 Å². The molecule has 3 heteroatoms. The lowest BCUT2D eigenvalue weighted by Crippen LogP contribution is -2.34. The zero-order chi connectivity index (χ0) is 14.7. The monoisotopic (exact) mass is 266 g/mol. The van der Waals surface area contributed by atoms with Crippen LogP contribution in [0.5, 0.6) is 0 Å². The minimum absolute atomic E-state index is 0.121. The van der Waals surface area contributed by atoms with Crippen LogP contribution in [-0.2, 0) is 13.1 Å². The summed E-state index contributed by atoms with van der Waals surface area (Å²) in [6.45, 7) is 16.0. The van der Waals surface area contributed by atoms with Crippen molar-refractivity contribution in [3.63, 3.8) is 0 Å². The van der Waals surface area contributed by atoms with Gasteiger partial charge >= 0.3 is 0 Å². The summed E-state index contributed by atoms with van der Waals surface area (Å²) in [6.07, 6.45) is 0. The van der Waals surface area contributed by atoms with Gasteiger partial charge in [-0.2, -0.15) is 0 Å². The Kier molecular flexibility index (Phi) is 5.22. The van der Waals surface area contributed by atoms with Crippen LogP contribution in [0.15, 0.2) is 16.5 Å². The molecule has 0 spiro atoms. The van der Waals surface area contributed by atoms with Crippen LogP contribution < -0.4 is 5.32 Å². The third-order valence-corrected chi connectivity index (χ3v) is 2.68. The van der Waals surface area contributed by atoms with E-state index in [1.807, 2.05) is 0 Å². The molecule has 0 amide bonds. The second-order valence-corrected chi connectivity index (χ2v) is 7.70. The Labute approximate surface area is 118 Å². The molecular weight excluding hydrogens is 236 g/mol. The average molecular weight is 266 g/mol. The van der Waals surface area contributed by atoms with Gasteiger partial charge in [0, 0.05) is 12.1 Å².